The summed E-state index contributed by atoms with van der Waals surface area (Å²) in [6.45, 7) is 0.501. The molecule has 1 aromatic carbocycles. The van der Waals surface area contributed by atoms with Crippen LogP contribution in [0.2, 0.25) is 0 Å². The van der Waals surface area contributed by atoms with Gasteiger partial charge < -0.3 is 15.2 Å². The first-order valence-corrected chi connectivity index (χ1v) is 5.61. The molecule has 2 aromatic rings. The molecule has 0 radical (unpaired) electrons. The number of benzene rings is 1. The Bertz CT molecular complexity index is 549. The zero-order chi connectivity index (χ0) is 13.1. The Morgan fingerprint density at radius 1 is 1.28 bits per heavy atom. The van der Waals surface area contributed by atoms with Crippen LogP contribution in [0.5, 0.6) is 5.75 Å². The Kier molecular flexibility index (Phi) is 3.53. The van der Waals surface area contributed by atoms with Crippen LogP contribution in [0.25, 0.3) is 11.1 Å². The second kappa shape index (κ2) is 5.10. The minimum Gasteiger partial charge on any atom is -0.497 e. The maximum absolute atomic E-state index is 6.00. The van der Waals surface area contributed by atoms with Gasteiger partial charge in [0.25, 0.3) is 0 Å². The number of hydrogen-bond donors (Lipinski definition) is 1. The van der Waals surface area contributed by atoms with E-state index in [0.29, 0.717) is 12.4 Å². The van der Waals surface area contributed by atoms with E-state index < -0.39 is 0 Å². The smallest absolute Gasteiger partial charge is 0.129 e. The molecule has 18 heavy (non-hydrogen) atoms. The fourth-order valence-electron chi connectivity index (χ4n) is 1.89. The largest absolute Gasteiger partial charge is 0.497 e. The number of ether oxygens (including phenoxy) is 2. The molecule has 5 nitrogen and oxygen atoms in total. The van der Waals surface area contributed by atoms with Gasteiger partial charge in [-0.1, -0.05) is 6.07 Å². The fourth-order valence-corrected chi connectivity index (χ4v) is 1.89. The van der Waals surface area contributed by atoms with E-state index in [9.17, 15) is 0 Å². The van der Waals surface area contributed by atoms with Crippen molar-refractivity contribution in [2.75, 3.05) is 20.0 Å². The van der Waals surface area contributed by atoms with E-state index in [2.05, 4.69) is 5.10 Å². The molecule has 2 N–H and O–H groups in total. The van der Waals surface area contributed by atoms with Crippen LogP contribution in [0.15, 0.2) is 24.4 Å². The van der Waals surface area contributed by atoms with E-state index in [1.54, 1.807) is 25.1 Å². The summed E-state index contributed by atoms with van der Waals surface area (Å²) in [4.78, 5) is 0. The van der Waals surface area contributed by atoms with Gasteiger partial charge in [-0.05, 0) is 23.3 Å². The van der Waals surface area contributed by atoms with Gasteiger partial charge in [-0.3, -0.25) is 4.68 Å². The molecular formula is C13H17N3O2. The summed E-state index contributed by atoms with van der Waals surface area (Å²) in [6, 6.07) is 5.83. The van der Waals surface area contributed by atoms with Crippen LogP contribution in [-0.4, -0.2) is 24.0 Å². The molecular weight excluding hydrogens is 230 g/mol. The van der Waals surface area contributed by atoms with Crippen LogP contribution in [0.3, 0.4) is 0 Å². The average Bonchev–Trinajstić information content (AvgIpc) is 2.71. The lowest BCUT2D eigenvalue weighted by Crippen LogP contribution is -1.99. The monoisotopic (exact) mass is 247 g/mol. The number of aromatic nitrogens is 2. The van der Waals surface area contributed by atoms with E-state index >= 15 is 0 Å². The Balaban J connectivity index is 2.52. The second-order valence-electron chi connectivity index (χ2n) is 4.02. The van der Waals surface area contributed by atoms with E-state index in [0.717, 1.165) is 22.4 Å². The van der Waals surface area contributed by atoms with E-state index in [1.807, 2.05) is 25.2 Å². The van der Waals surface area contributed by atoms with Crippen molar-refractivity contribution < 1.29 is 9.47 Å². The van der Waals surface area contributed by atoms with Gasteiger partial charge in [0.2, 0.25) is 0 Å². The summed E-state index contributed by atoms with van der Waals surface area (Å²) in [5.74, 6) is 1.44. The zero-order valence-corrected chi connectivity index (χ0v) is 10.8. The van der Waals surface area contributed by atoms with Crippen LogP contribution in [0.4, 0.5) is 5.82 Å². The van der Waals surface area contributed by atoms with Gasteiger partial charge in [-0.15, -0.1) is 0 Å². The van der Waals surface area contributed by atoms with E-state index in [4.69, 9.17) is 15.2 Å². The minimum absolute atomic E-state index is 0.501. The lowest BCUT2D eigenvalue weighted by Gasteiger charge is -2.10. The third-order valence-corrected chi connectivity index (χ3v) is 2.89. The maximum atomic E-state index is 6.00. The minimum atomic E-state index is 0.501. The van der Waals surface area contributed by atoms with Gasteiger partial charge in [0.05, 0.1) is 19.9 Å². The molecule has 1 aromatic heterocycles. The van der Waals surface area contributed by atoms with Crippen molar-refractivity contribution in [3.8, 4) is 16.9 Å². The first-order chi connectivity index (χ1) is 8.67. The van der Waals surface area contributed by atoms with Crippen LogP contribution < -0.4 is 10.5 Å². The molecule has 96 valence electrons. The average molecular weight is 247 g/mol. The first kappa shape index (κ1) is 12.4. The number of methoxy groups -OCH3 is 2. The number of hydrogen-bond acceptors (Lipinski definition) is 4. The highest BCUT2D eigenvalue weighted by Crippen LogP contribution is 2.31. The van der Waals surface area contributed by atoms with Crippen molar-refractivity contribution in [1.29, 1.82) is 0 Å². The van der Waals surface area contributed by atoms with Crippen molar-refractivity contribution in [1.82, 2.24) is 9.78 Å². The maximum Gasteiger partial charge on any atom is 0.129 e. The SMILES string of the molecule is COCc1cc(OC)ccc1-c1cnn(C)c1N. The van der Waals surface area contributed by atoms with Crippen LogP contribution in [-0.2, 0) is 18.4 Å². The van der Waals surface area contributed by atoms with Gasteiger partial charge in [-0.25, -0.2) is 0 Å². The molecule has 0 atom stereocenters. The van der Waals surface area contributed by atoms with Gasteiger partial charge in [0.15, 0.2) is 0 Å². The molecule has 0 amide bonds. The van der Waals surface area contributed by atoms with Crippen molar-refractivity contribution in [2.45, 2.75) is 6.61 Å². The summed E-state index contributed by atoms with van der Waals surface area (Å²) in [5, 5.41) is 4.16. The lowest BCUT2D eigenvalue weighted by atomic mass is 10.0. The molecule has 0 aliphatic carbocycles. The molecule has 0 aliphatic heterocycles. The Labute approximate surface area is 106 Å². The van der Waals surface area contributed by atoms with E-state index in [1.165, 1.54) is 0 Å². The fraction of sp³-hybridized carbons (Fsp3) is 0.308. The first-order valence-electron chi connectivity index (χ1n) is 5.61. The van der Waals surface area contributed by atoms with Gasteiger partial charge in [-0.2, -0.15) is 5.10 Å². The van der Waals surface area contributed by atoms with Crippen LogP contribution >= 0.6 is 0 Å². The Morgan fingerprint density at radius 3 is 2.61 bits per heavy atom. The molecule has 1 heterocycles. The number of nitrogens with zero attached hydrogens (tertiary/aromatic N) is 2. The lowest BCUT2D eigenvalue weighted by molar-refractivity contribution is 0.185. The molecule has 0 aliphatic rings. The van der Waals surface area contributed by atoms with Crippen molar-refractivity contribution in [2.24, 2.45) is 7.05 Å². The van der Waals surface area contributed by atoms with E-state index in [-0.39, 0.29) is 0 Å². The quantitative estimate of drug-likeness (QED) is 0.895. The molecule has 0 saturated carbocycles. The molecule has 0 unspecified atom stereocenters. The van der Waals surface area contributed by atoms with Crippen LogP contribution in [0, 0.1) is 0 Å². The highest BCUT2D eigenvalue weighted by atomic mass is 16.5. The topological polar surface area (TPSA) is 62.3 Å². The number of anilines is 1. The highest BCUT2D eigenvalue weighted by Gasteiger charge is 2.12. The standard InChI is InChI=1S/C13H17N3O2/c1-16-13(14)12(7-15-16)11-5-4-10(18-3)6-9(11)8-17-2/h4-7H,8,14H2,1-3H3. The molecule has 0 saturated heterocycles. The second-order valence-corrected chi connectivity index (χ2v) is 4.02. The normalized spacial score (nSPS) is 10.6. The number of rotatable bonds is 4. The predicted octanol–water partition coefficient (Wildman–Crippen LogP) is 1.82. The molecule has 5 heteroatoms. The van der Waals surface area contributed by atoms with Gasteiger partial charge >= 0.3 is 0 Å². The summed E-state index contributed by atoms with van der Waals surface area (Å²) >= 11 is 0. The van der Waals surface area contributed by atoms with Crippen molar-refractivity contribution in [3.63, 3.8) is 0 Å². The molecule has 0 fully saturated rings. The number of nitrogens with two attached hydrogens (primary N) is 1. The van der Waals surface area contributed by atoms with Crippen LogP contribution in [0.1, 0.15) is 5.56 Å². The summed E-state index contributed by atoms with van der Waals surface area (Å²) < 4.78 is 12.1. The third-order valence-electron chi connectivity index (χ3n) is 2.89. The Hall–Kier alpha value is -2.01. The zero-order valence-electron chi connectivity index (χ0n) is 10.8. The number of nitrogen functional groups attached to an aromatic ring is 1. The summed E-state index contributed by atoms with van der Waals surface area (Å²) in [6.07, 6.45) is 1.76. The summed E-state index contributed by atoms with van der Waals surface area (Å²) in [5.41, 5.74) is 8.95. The van der Waals surface area contributed by atoms with Gasteiger partial charge in [0.1, 0.15) is 11.6 Å². The van der Waals surface area contributed by atoms with Crippen molar-refractivity contribution in [3.05, 3.63) is 30.0 Å². The molecule has 2 rings (SSSR count). The van der Waals surface area contributed by atoms with Gasteiger partial charge in [0, 0.05) is 19.7 Å². The summed E-state index contributed by atoms with van der Waals surface area (Å²) in [7, 11) is 5.12. The van der Waals surface area contributed by atoms with Crippen molar-refractivity contribution >= 4 is 5.82 Å². The Morgan fingerprint density at radius 2 is 2.06 bits per heavy atom. The molecule has 0 spiro atoms. The third kappa shape index (κ3) is 2.17. The predicted molar refractivity (Wildman–Crippen MR) is 70.3 cm³/mol. The highest BCUT2D eigenvalue weighted by molar-refractivity contribution is 5.76. The number of aryl methyl sites for hydroxylation is 1. The molecule has 0 bridgehead atoms.